The van der Waals surface area contributed by atoms with Gasteiger partial charge in [-0.05, 0) is 30.5 Å². The molecule has 1 aromatic rings. The maximum absolute atomic E-state index is 12.5. The molecule has 6 nitrogen and oxygen atoms in total. The largest absolute Gasteiger partial charge is 0.496 e. The lowest BCUT2D eigenvalue weighted by Crippen LogP contribution is -2.29. The predicted octanol–water partition coefficient (Wildman–Crippen LogP) is 2.55. The number of unbranched alkanes of at least 4 members (excludes halogenated alkanes) is 1. The van der Waals surface area contributed by atoms with Crippen LogP contribution in [-0.2, 0) is 10.0 Å². The fourth-order valence-electron chi connectivity index (χ4n) is 2.42. The summed E-state index contributed by atoms with van der Waals surface area (Å²) in [6, 6.07) is 4.28. The molecule has 1 amide bonds. The van der Waals surface area contributed by atoms with Crippen LogP contribution in [0.5, 0.6) is 5.75 Å². The number of sulfonamides is 1. The van der Waals surface area contributed by atoms with Crippen molar-refractivity contribution >= 4 is 15.9 Å². The summed E-state index contributed by atoms with van der Waals surface area (Å²) in [5, 5.41) is 2.48. The van der Waals surface area contributed by atoms with Crippen LogP contribution >= 0.6 is 0 Å². The summed E-state index contributed by atoms with van der Waals surface area (Å²) in [4.78, 5) is 12.0. The number of ether oxygens (including phenoxy) is 1. The highest BCUT2D eigenvalue weighted by molar-refractivity contribution is 7.89. The molecule has 0 aromatic heterocycles. The van der Waals surface area contributed by atoms with Crippen molar-refractivity contribution in [3.05, 3.63) is 23.8 Å². The van der Waals surface area contributed by atoms with Gasteiger partial charge < -0.3 is 10.1 Å². The Bertz CT molecular complexity index is 644. The highest BCUT2D eigenvalue weighted by Crippen LogP contribution is 2.22. The summed E-state index contributed by atoms with van der Waals surface area (Å²) in [6.07, 6.45) is 4.11. The second kappa shape index (κ2) is 9.64. The Morgan fingerprint density at radius 1 is 1.29 bits per heavy atom. The summed E-state index contributed by atoms with van der Waals surface area (Å²) in [6.45, 7) is 4.58. The molecule has 0 spiro atoms. The minimum Gasteiger partial charge on any atom is -0.496 e. The topological polar surface area (TPSA) is 84.5 Å². The van der Waals surface area contributed by atoms with E-state index in [4.69, 9.17) is 4.74 Å². The zero-order valence-corrected chi connectivity index (χ0v) is 15.7. The zero-order valence-electron chi connectivity index (χ0n) is 14.9. The molecule has 0 aliphatic heterocycles. The van der Waals surface area contributed by atoms with Crippen molar-refractivity contribution in [2.75, 3.05) is 20.7 Å². The van der Waals surface area contributed by atoms with Crippen molar-refractivity contribution < 1.29 is 17.9 Å². The van der Waals surface area contributed by atoms with Crippen molar-refractivity contribution in [3.63, 3.8) is 0 Å². The van der Waals surface area contributed by atoms with Gasteiger partial charge in [-0.3, -0.25) is 4.79 Å². The van der Waals surface area contributed by atoms with E-state index in [0.717, 1.165) is 25.7 Å². The van der Waals surface area contributed by atoms with Crippen LogP contribution in [0, 0.1) is 5.92 Å². The summed E-state index contributed by atoms with van der Waals surface area (Å²) in [5.41, 5.74) is 0.195. The van der Waals surface area contributed by atoms with E-state index in [1.807, 2.05) is 0 Å². The Hall–Kier alpha value is -1.60. The second-order valence-corrected chi connectivity index (χ2v) is 7.48. The third-order valence-electron chi connectivity index (χ3n) is 4.06. The van der Waals surface area contributed by atoms with Gasteiger partial charge in [0, 0.05) is 13.6 Å². The molecule has 0 aliphatic rings. The monoisotopic (exact) mass is 356 g/mol. The maximum atomic E-state index is 12.5. The van der Waals surface area contributed by atoms with Gasteiger partial charge in [0.2, 0.25) is 10.0 Å². The molecule has 24 heavy (non-hydrogen) atoms. The molecule has 0 radical (unpaired) electrons. The molecule has 0 aliphatic carbocycles. The molecule has 0 fully saturated rings. The van der Waals surface area contributed by atoms with Gasteiger partial charge in [-0.25, -0.2) is 13.1 Å². The smallest absolute Gasteiger partial charge is 0.254 e. The molecule has 1 unspecified atom stereocenters. The lowest BCUT2D eigenvalue weighted by molar-refractivity contribution is 0.0960. The van der Waals surface area contributed by atoms with Crippen molar-refractivity contribution in [1.29, 1.82) is 0 Å². The molecule has 136 valence electrons. The van der Waals surface area contributed by atoms with Crippen LogP contribution in [0.1, 0.15) is 49.9 Å². The molecule has 0 saturated heterocycles. The zero-order chi connectivity index (χ0) is 18.2. The number of nitrogens with one attached hydrogen (secondary N) is 2. The molecular formula is C17H28N2O4S. The van der Waals surface area contributed by atoms with Gasteiger partial charge in [0.15, 0.2) is 0 Å². The molecule has 0 bridgehead atoms. The normalized spacial score (nSPS) is 12.7. The van der Waals surface area contributed by atoms with Crippen LogP contribution < -0.4 is 14.8 Å². The van der Waals surface area contributed by atoms with Gasteiger partial charge in [-0.15, -0.1) is 0 Å². The van der Waals surface area contributed by atoms with Gasteiger partial charge in [0.1, 0.15) is 5.75 Å². The van der Waals surface area contributed by atoms with Crippen molar-refractivity contribution in [3.8, 4) is 5.75 Å². The van der Waals surface area contributed by atoms with E-state index in [-0.39, 0.29) is 10.5 Å². The van der Waals surface area contributed by atoms with Crippen molar-refractivity contribution in [2.24, 2.45) is 5.92 Å². The van der Waals surface area contributed by atoms with Crippen LogP contribution in [0.15, 0.2) is 23.1 Å². The lowest BCUT2D eigenvalue weighted by atomic mass is 10.00. The summed E-state index contributed by atoms with van der Waals surface area (Å²) in [5.74, 6) is 0.261. The Morgan fingerprint density at radius 2 is 2.00 bits per heavy atom. The predicted molar refractivity (Wildman–Crippen MR) is 94.9 cm³/mol. The van der Waals surface area contributed by atoms with Crippen LogP contribution in [0.25, 0.3) is 0 Å². The minimum absolute atomic E-state index is 0.0623. The van der Waals surface area contributed by atoms with Gasteiger partial charge >= 0.3 is 0 Å². The van der Waals surface area contributed by atoms with Gasteiger partial charge in [0.25, 0.3) is 5.91 Å². The van der Waals surface area contributed by atoms with Gasteiger partial charge in [-0.2, -0.15) is 0 Å². The first-order chi connectivity index (χ1) is 11.4. The Morgan fingerprint density at radius 3 is 2.54 bits per heavy atom. The molecule has 1 atom stereocenters. The Labute approximate surface area is 145 Å². The molecule has 0 saturated carbocycles. The first kappa shape index (κ1) is 20.4. The van der Waals surface area contributed by atoms with Gasteiger partial charge in [-0.1, -0.05) is 33.1 Å². The first-order valence-corrected chi connectivity index (χ1v) is 9.77. The number of hydrogen-bond donors (Lipinski definition) is 2. The van der Waals surface area contributed by atoms with E-state index < -0.39 is 15.9 Å². The quantitative estimate of drug-likeness (QED) is 0.675. The van der Waals surface area contributed by atoms with Crippen molar-refractivity contribution in [1.82, 2.24) is 10.0 Å². The number of rotatable bonds is 10. The van der Waals surface area contributed by atoms with Crippen LogP contribution in [0.2, 0.25) is 0 Å². The SMILES string of the molecule is CCCCC(CC)CNS(=O)(=O)c1ccc(OC)c(C(=O)NC)c1. The summed E-state index contributed by atoms with van der Waals surface area (Å²) >= 11 is 0. The van der Waals surface area contributed by atoms with E-state index in [1.54, 1.807) is 0 Å². The van der Waals surface area contributed by atoms with E-state index >= 15 is 0 Å². The minimum atomic E-state index is -3.67. The molecule has 0 heterocycles. The third-order valence-corrected chi connectivity index (χ3v) is 5.48. The Kier molecular flexibility index (Phi) is 8.21. The molecule has 2 N–H and O–H groups in total. The molecule has 1 aromatic carbocycles. The Balaban J connectivity index is 2.96. The second-order valence-electron chi connectivity index (χ2n) is 5.71. The molecule has 7 heteroatoms. The molecule has 1 rings (SSSR count). The van der Waals surface area contributed by atoms with E-state index in [0.29, 0.717) is 18.2 Å². The average molecular weight is 356 g/mol. The number of carbonyl (C=O) groups excluding carboxylic acids is 1. The van der Waals surface area contributed by atoms with E-state index in [1.165, 1.54) is 32.4 Å². The summed E-state index contributed by atoms with van der Waals surface area (Å²) in [7, 11) is -0.740. The summed E-state index contributed by atoms with van der Waals surface area (Å²) < 4.78 is 32.8. The fourth-order valence-corrected chi connectivity index (χ4v) is 3.56. The number of carbonyl (C=O) groups is 1. The highest BCUT2D eigenvalue weighted by Gasteiger charge is 2.20. The molecular weight excluding hydrogens is 328 g/mol. The van der Waals surface area contributed by atoms with Crippen LogP contribution in [0.4, 0.5) is 0 Å². The first-order valence-electron chi connectivity index (χ1n) is 8.29. The highest BCUT2D eigenvalue weighted by atomic mass is 32.2. The third kappa shape index (κ3) is 5.49. The van der Waals surface area contributed by atoms with Crippen molar-refractivity contribution in [2.45, 2.75) is 44.4 Å². The average Bonchev–Trinajstić information content (AvgIpc) is 2.60. The maximum Gasteiger partial charge on any atom is 0.254 e. The van der Waals surface area contributed by atoms with Crippen LogP contribution in [0.3, 0.4) is 0 Å². The standard InChI is InChI=1S/C17H28N2O4S/c1-5-7-8-13(6-2)12-19-24(21,22)14-9-10-16(23-4)15(11-14)17(20)18-3/h9-11,13,19H,5-8,12H2,1-4H3,(H,18,20). The lowest BCUT2D eigenvalue weighted by Gasteiger charge is -2.16. The van der Waals surface area contributed by atoms with E-state index in [2.05, 4.69) is 23.9 Å². The number of methoxy groups -OCH3 is 1. The number of hydrogen-bond acceptors (Lipinski definition) is 4. The van der Waals surface area contributed by atoms with E-state index in [9.17, 15) is 13.2 Å². The fraction of sp³-hybridized carbons (Fsp3) is 0.588. The van der Waals surface area contributed by atoms with Crippen LogP contribution in [-0.4, -0.2) is 35.0 Å². The van der Waals surface area contributed by atoms with Gasteiger partial charge in [0.05, 0.1) is 17.6 Å². The number of benzene rings is 1. The number of amides is 1.